The summed E-state index contributed by atoms with van der Waals surface area (Å²) >= 11 is 0. The minimum absolute atomic E-state index is 0.00918. The highest BCUT2D eigenvalue weighted by atomic mass is 16.5. The summed E-state index contributed by atoms with van der Waals surface area (Å²) in [6, 6.07) is 10.1. The standard InChI is InChI=1S/C15H22O3/c1-11-12(2)18-14(8-15(11)16)10-17-9-13-6-4-3-5-7-13/h3-7,11-12,14-16H,8-10H2,1-2H3/t11-,12-,14-,15-/m1/s1. The van der Waals surface area contributed by atoms with Gasteiger partial charge in [-0.2, -0.15) is 0 Å². The van der Waals surface area contributed by atoms with Gasteiger partial charge in [0.05, 0.1) is 31.5 Å². The zero-order valence-electron chi connectivity index (χ0n) is 11.1. The number of ether oxygens (including phenoxy) is 2. The molecule has 1 aliphatic heterocycles. The molecule has 0 saturated carbocycles. The zero-order chi connectivity index (χ0) is 13.0. The minimum Gasteiger partial charge on any atom is -0.393 e. The summed E-state index contributed by atoms with van der Waals surface area (Å²) < 4.78 is 11.5. The molecule has 1 aromatic rings. The van der Waals surface area contributed by atoms with Crippen molar-refractivity contribution in [3.05, 3.63) is 35.9 Å². The molecule has 4 atom stereocenters. The van der Waals surface area contributed by atoms with E-state index in [2.05, 4.69) is 0 Å². The lowest BCUT2D eigenvalue weighted by Crippen LogP contribution is -2.43. The smallest absolute Gasteiger partial charge is 0.0837 e. The van der Waals surface area contributed by atoms with Crippen LogP contribution in [0.25, 0.3) is 0 Å². The van der Waals surface area contributed by atoms with Gasteiger partial charge in [-0.15, -0.1) is 0 Å². The fraction of sp³-hybridized carbons (Fsp3) is 0.600. The minimum atomic E-state index is -0.279. The van der Waals surface area contributed by atoms with Crippen LogP contribution < -0.4 is 0 Å². The summed E-state index contributed by atoms with van der Waals surface area (Å²) in [5.41, 5.74) is 1.16. The quantitative estimate of drug-likeness (QED) is 0.891. The number of benzene rings is 1. The SMILES string of the molecule is C[C@H]1[C@H](O)C[C@H](COCc2ccccc2)O[C@@H]1C. The third-order valence-electron chi connectivity index (χ3n) is 3.67. The molecule has 1 aliphatic rings. The number of hydrogen-bond acceptors (Lipinski definition) is 3. The van der Waals surface area contributed by atoms with Gasteiger partial charge in [-0.3, -0.25) is 0 Å². The van der Waals surface area contributed by atoms with Crippen molar-refractivity contribution < 1.29 is 14.6 Å². The number of aliphatic hydroxyl groups excluding tert-OH is 1. The van der Waals surface area contributed by atoms with E-state index in [1.165, 1.54) is 0 Å². The Hall–Kier alpha value is -0.900. The van der Waals surface area contributed by atoms with Gasteiger partial charge in [0.2, 0.25) is 0 Å². The zero-order valence-corrected chi connectivity index (χ0v) is 11.1. The van der Waals surface area contributed by atoms with E-state index in [1.807, 2.05) is 44.2 Å². The molecule has 1 aromatic carbocycles. The van der Waals surface area contributed by atoms with Crippen molar-refractivity contribution in [2.24, 2.45) is 5.92 Å². The topological polar surface area (TPSA) is 38.7 Å². The lowest BCUT2D eigenvalue weighted by molar-refractivity contribution is -0.144. The highest BCUT2D eigenvalue weighted by molar-refractivity contribution is 5.13. The largest absolute Gasteiger partial charge is 0.393 e. The highest BCUT2D eigenvalue weighted by Crippen LogP contribution is 2.25. The predicted molar refractivity (Wildman–Crippen MR) is 70.2 cm³/mol. The predicted octanol–water partition coefficient (Wildman–Crippen LogP) is 2.38. The maximum atomic E-state index is 9.90. The van der Waals surface area contributed by atoms with E-state index in [9.17, 15) is 5.11 Å². The van der Waals surface area contributed by atoms with Crippen molar-refractivity contribution in [1.29, 1.82) is 0 Å². The number of hydrogen-bond donors (Lipinski definition) is 1. The van der Waals surface area contributed by atoms with E-state index in [1.54, 1.807) is 0 Å². The second-order valence-corrected chi connectivity index (χ2v) is 5.13. The summed E-state index contributed by atoms with van der Waals surface area (Å²) in [5.74, 6) is 0.204. The first kappa shape index (κ1) is 13.5. The maximum absolute atomic E-state index is 9.90. The molecule has 0 unspecified atom stereocenters. The number of aliphatic hydroxyl groups is 1. The lowest BCUT2D eigenvalue weighted by Gasteiger charge is -2.36. The third kappa shape index (κ3) is 3.55. The van der Waals surface area contributed by atoms with E-state index < -0.39 is 0 Å². The third-order valence-corrected chi connectivity index (χ3v) is 3.67. The van der Waals surface area contributed by atoms with Gasteiger partial charge in [-0.05, 0) is 12.5 Å². The Labute approximate surface area is 109 Å². The van der Waals surface area contributed by atoms with Crippen LogP contribution in [-0.2, 0) is 16.1 Å². The average Bonchev–Trinajstić information content (AvgIpc) is 2.37. The summed E-state index contributed by atoms with van der Waals surface area (Å²) in [4.78, 5) is 0. The van der Waals surface area contributed by atoms with Crippen LogP contribution in [0, 0.1) is 5.92 Å². The van der Waals surface area contributed by atoms with Crippen LogP contribution >= 0.6 is 0 Å². The Morgan fingerprint density at radius 2 is 2.00 bits per heavy atom. The van der Waals surface area contributed by atoms with E-state index in [0.717, 1.165) is 5.56 Å². The van der Waals surface area contributed by atoms with Gasteiger partial charge in [-0.1, -0.05) is 37.3 Å². The second kappa shape index (κ2) is 6.32. The van der Waals surface area contributed by atoms with Crippen LogP contribution in [0.1, 0.15) is 25.8 Å². The summed E-state index contributed by atoms with van der Waals surface area (Å²) in [5, 5.41) is 9.90. The van der Waals surface area contributed by atoms with Crippen molar-refractivity contribution in [2.75, 3.05) is 6.61 Å². The Bertz CT molecular complexity index is 340. The van der Waals surface area contributed by atoms with Crippen molar-refractivity contribution >= 4 is 0 Å². The van der Waals surface area contributed by atoms with E-state index >= 15 is 0 Å². The molecule has 0 spiro atoms. The molecule has 100 valence electrons. The second-order valence-electron chi connectivity index (χ2n) is 5.13. The Balaban J connectivity index is 1.74. The van der Waals surface area contributed by atoms with Gasteiger partial charge in [-0.25, -0.2) is 0 Å². The molecule has 1 fully saturated rings. The highest BCUT2D eigenvalue weighted by Gasteiger charge is 2.32. The first-order valence-electron chi connectivity index (χ1n) is 6.62. The Morgan fingerprint density at radius 1 is 1.28 bits per heavy atom. The van der Waals surface area contributed by atoms with E-state index in [0.29, 0.717) is 19.6 Å². The van der Waals surface area contributed by atoms with Crippen LogP contribution in [0.4, 0.5) is 0 Å². The first-order chi connectivity index (χ1) is 8.66. The van der Waals surface area contributed by atoms with Crippen molar-refractivity contribution in [3.63, 3.8) is 0 Å². The fourth-order valence-electron chi connectivity index (χ4n) is 2.27. The molecule has 1 saturated heterocycles. The lowest BCUT2D eigenvalue weighted by atomic mass is 9.91. The Kier molecular flexibility index (Phi) is 4.75. The monoisotopic (exact) mass is 250 g/mol. The van der Waals surface area contributed by atoms with E-state index in [4.69, 9.17) is 9.47 Å². The van der Waals surface area contributed by atoms with Crippen LogP contribution in [0.5, 0.6) is 0 Å². The normalized spacial score (nSPS) is 32.4. The van der Waals surface area contributed by atoms with Crippen molar-refractivity contribution in [2.45, 2.75) is 45.2 Å². The molecule has 2 rings (SSSR count). The molecule has 3 heteroatoms. The summed E-state index contributed by atoms with van der Waals surface area (Å²) in [7, 11) is 0. The summed E-state index contributed by atoms with van der Waals surface area (Å²) in [6.07, 6.45) is 0.494. The molecule has 0 radical (unpaired) electrons. The maximum Gasteiger partial charge on any atom is 0.0837 e. The van der Waals surface area contributed by atoms with Crippen molar-refractivity contribution in [3.8, 4) is 0 Å². The first-order valence-corrected chi connectivity index (χ1v) is 6.62. The molecule has 1 heterocycles. The Morgan fingerprint density at radius 3 is 2.67 bits per heavy atom. The molecule has 0 aromatic heterocycles. The van der Waals surface area contributed by atoms with Crippen molar-refractivity contribution in [1.82, 2.24) is 0 Å². The van der Waals surface area contributed by atoms with Crippen LogP contribution in [0.3, 0.4) is 0 Å². The molecule has 0 amide bonds. The van der Waals surface area contributed by atoms with Crippen LogP contribution in [-0.4, -0.2) is 30.0 Å². The molecular weight excluding hydrogens is 228 g/mol. The van der Waals surface area contributed by atoms with Crippen LogP contribution in [0.15, 0.2) is 30.3 Å². The van der Waals surface area contributed by atoms with Gasteiger partial charge in [0.1, 0.15) is 0 Å². The fourth-order valence-corrected chi connectivity index (χ4v) is 2.27. The van der Waals surface area contributed by atoms with E-state index in [-0.39, 0.29) is 24.2 Å². The summed E-state index contributed by atoms with van der Waals surface area (Å²) in [6.45, 7) is 5.18. The molecule has 3 nitrogen and oxygen atoms in total. The molecular formula is C15H22O3. The average molecular weight is 250 g/mol. The number of rotatable bonds is 4. The van der Waals surface area contributed by atoms with Gasteiger partial charge < -0.3 is 14.6 Å². The molecule has 1 N–H and O–H groups in total. The molecule has 0 bridgehead atoms. The van der Waals surface area contributed by atoms with Gasteiger partial charge in [0, 0.05) is 12.3 Å². The van der Waals surface area contributed by atoms with Gasteiger partial charge in [0.25, 0.3) is 0 Å². The van der Waals surface area contributed by atoms with Gasteiger partial charge in [0.15, 0.2) is 0 Å². The van der Waals surface area contributed by atoms with Crippen LogP contribution in [0.2, 0.25) is 0 Å². The molecule has 18 heavy (non-hydrogen) atoms. The molecule has 0 aliphatic carbocycles. The van der Waals surface area contributed by atoms with Gasteiger partial charge >= 0.3 is 0 Å².